The molecule has 1 atom stereocenters. The van der Waals surface area contributed by atoms with Gasteiger partial charge in [0.05, 0.1) is 22.9 Å². The third-order valence-corrected chi connectivity index (χ3v) is 7.06. The van der Waals surface area contributed by atoms with Crippen LogP contribution in [0.25, 0.3) is 0 Å². The minimum Gasteiger partial charge on any atom is -0.465 e. The second-order valence-electron chi connectivity index (χ2n) is 9.40. The Balaban J connectivity index is 1.29. The molecule has 8 nitrogen and oxygen atoms in total. The number of carbonyl (C=O) groups is 2. The number of hydrogen-bond acceptors (Lipinski definition) is 6. The Morgan fingerprint density at radius 1 is 1.17 bits per heavy atom. The Morgan fingerprint density at radius 3 is 2.36 bits per heavy atom. The fourth-order valence-corrected chi connectivity index (χ4v) is 4.93. The zero-order chi connectivity index (χ0) is 26.3. The Labute approximate surface area is 211 Å². The number of aliphatic hydroxyl groups is 1. The monoisotopic (exact) mass is 528 g/mol. The van der Waals surface area contributed by atoms with Crippen LogP contribution in [0.2, 0.25) is 5.02 Å². The Kier molecular flexibility index (Phi) is 7.27. The zero-order valence-electron chi connectivity index (χ0n) is 19.9. The topological polar surface area (TPSA) is 89.3 Å². The Hall–Kier alpha value is -2.76. The summed E-state index contributed by atoms with van der Waals surface area (Å²) in [5.41, 5.74) is -2.48. The second kappa shape index (κ2) is 9.95. The molecule has 36 heavy (non-hydrogen) atoms. The average molecular weight is 529 g/mol. The van der Waals surface area contributed by atoms with E-state index >= 15 is 0 Å². The summed E-state index contributed by atoms with van der Waals surface area (Å²) in [6, 6.07) is 7.63. The van der Waals surface area contributed by atoms with Crippen LogP contribution in [-0.4, -0.2) is 90.2 Å². The van der Waals surface area contributed by atoms with Crippen LogP contribution >= 0.6 is 11.6 Å². The van der Waals surface area contributed by atoms with Gasteiger partial charge in [-0.15, -0.1) is 0 Å². The summed E-state index contributed by atoms with van der Waals surface area (Å²) >= 11 is 6.27. The number of piperidine rings is 1. The molecule has 2 aliphatic rings. The highest BCUT2D eigenvalue weighted by atomic mass is 35.5. The molecule has 2 N–H and O–H groups in total. The van der Waals surface area contributed by atoms with Gasteiger partial charge in [0.15, 0.2) is 5.76 Å². The number of nitrogens with one attached hydrogen (secondary N) is 1. The molecule has 1 aromatic carbocycles. The van der Waals surface area contributed by atoms with Gasteiger partial charge in [0.1, 0.15) is 0 Å². The van der Waals surface area contributed by atoms with Crippen molar-refractivity contribution in [3.63, 3.8) is 0 Å². The molecule has 196 valence electrons. The average Bonchev–Trinajstić information content (AvgIpc) is 3.34. The van der Waals surface area contributed by atoms with E-state index in [9.17, 15) is 27.9 Å². The second-order valence-corrected chi connectivity index (χ2v) is 9.81. The van der Waals surface area contributed by atoms with Gasteiger partial charge >= 0.3 is 6.18 Å². The third kappa shape index (κ3) is 4.91. The molecule has 3 heterocycles. The number of nitrogens with zero attached hydrogens (tertiary/aromatic N) is 3. The summed E-state index contributed by atoms with van der Waals surface area (Å²) in [4.78, 5) is 29.6. The lowest BCUT2D eigenvalue weighted by atomic mass is 9.93. The van der Waals surface area contributed by atoms with Crippen molar-refractivity contribution in [3.05, 3.63) is 52.9 Å². The van der Waals surface area contributed by atoms with Crippen LogP contribution in [0, 0.1) is 0 Å². The molecule has 2 fully saturated rings. The van der Waals surface area contributed by atoms with Crippen LogP contribution < -0.4 is 5.32 Å². The van der Waals surface area contributed by atoms with Crippen molar-refractivity contribution >= 4 is 29.1 Å². The van der Waals surface area contributed by atoms with E-state index in [1.165, 1.54) is 11.0 Å². The summed E-state index contributed by atoms with van der Waals surface area (Å²) in [5.74, 6) is -2.43. The fourth-order valence-electron chi connectivity index (χ4n) is 4.67. The molecule has 1 aromatic heterocycles. The molecule has 4 rings (SSSR count). The van der Waals surface area contributed by atoms with E-state index < -0.39 is 23.4 Å². The standard InChI is InChI=1S/C24H28ClF3N4O4/c1-30(2)21(33)18-6-5-15(12-19(18)25)29-16-13-32(14-16)17-7-9-31(10-8-17)22(34)23(35,24(26,27)28)20-4-3-11-36-20/h3-6,11-12,16-17,29,35H,7-10,13-14H2,1-2H3. The first-order valence-corrected chi connectivity index (χ1v) is 11.9. The number of amides is 2. The first-order chi connectivity index (χ1) is 16.9. The number of alkyl halides is 3. The van der Waals surface area contributed by atoms with Crippen LogP contribution in [0.3, 0.4) is 0 Å². The summed E-state index contributed by atoms with van der Waals surface area (Å²) in [6.45, 7) is 1.67. The van der Waals surface area contributed by atoms with Crippen LogP contribution in [0.15, 0.2) is 41.0 Å². The molecule has 0 saturated carbocycles. The SMILES string of the molecule is CN(C)C(=O)c1ccc(NC2CN(C3CCN(C(=O)C(O)(c4ccco4)C(F)(F)F)CC3)C2)cc1Cl. The highest BCUT2D eigenvalue weighted by Crippen LogP contribution is 2.41. The summed E-state index contributed by atoms with van der Waals surface area (Å²) < 4.78 is 45.8. The lowest BCUT2D eigenvalue weighted by molar-refractivity contribution is -0.267. The number of likely N-dealkylation sites (tertiary alicyclic amines) is 2. The van der Waals surface area contributed by atoms with Crippen molar-refractivity contribution in [2.45, 2.75) is 36.7 Å². The number of furan rings is 1. The predicted molar refractivity (Wildman–Crippen MR) is 127 cm³/mol. The number of carbonyl (C=O) groups excluding carboxylic acids is 2. The van der Waals surface area contributed by atoms with Gasteiger partial charge < -0.3 is 24.6 Å². The summed E-state index contributed by atoms with van der Waals surface area (Å²) in [6.07, 6.45) is -3.23. The van der Waals surface area contributed by atoms with E-state index in [4.69, 9.17) is 16.0 Å². The Morgan fingerprint density at radius 2 is 1.83 bits per heavy atom. The van der Waals surface area contributed by atoms with Gasteiger partial charge in [-0.2, -0.15) is 13.2 Å². The number of anilines is 1. The normalized spacial score (nSPS) is 19.5. The van der Waals surface area contributed by atoms with Crippen molar-refractivity contribution in [3.8, 4) is 0 Å². The van der Waals surface area contributed by atoms with Gasteiger partial charge in [-0.25, -0.2) is 0 Å². The largest absolute Gasteiger partial charge is 0.465 e. The summed E-state index contributed by atoms with van der Waals surface area (Å²) in [5, 5.41) is 14.1. The van der Waals surface area contributed by atoms with Crippen LogP contribution in [-0.2, 0) is 10.4 Å². The van der Waals surface area contributed by atoms with Crippen LogP contribution in [0.4, 0.5) is 18.9 Å². The third-order valence-electron chi connectivity index (χ3n) is 6.75. The first-order valence-electron chi connectivity index (χ1n) is 11.6. The lowest BCUT2D eigenvalue weighted by Crippen LogP contribution is -2.62. The molecule has 2 amide bonds. The number of benzene rings is 1. The van der Waals surface area contributed by atoms with Crippen molar-refractivity contribution in [1.82, 2.24) is 14.7 Å². The van der Waals surface area contributed by atoms with E-state index in [0.717, 1.165) is 36.0 Å². The number of halogens is 4. The smallest absolute Gasteiger partial charge is 0.433 e. The van der Waals surface area contributed by atoms with Crippen LogP contribution in [0.5, 0.6) is 0 Å². The van der Waals surface area contributed by atoms with Crippen LogP contribution in [0.1, 0.15) is 29.0 Å². The highest BCUT2D eigenvalue weighted by Gasteiger charge is 2.64. The highest BCUT2D eigenvalue weighted by molar-refractivity contribution is 6.34. The van der Waals surface area contributed by atoms with Gasteiger partial charge in [-0.1, -0.05) is 11.6 Å². The number of rotatable bonds is 6. The van der Waals surface area contributed by atoms with Crippen molar-refractivity contribution in [1.29, 1.82) is 0 Å². The van der Waals surface area contributed by atoms with E-state index in [-0.39, 0.29) is 31.1 Å². The van der Waals surface area contributed by atoms with Gasteiger partial charge in [0, 0.05) is 52.0 Å². The first kappa shape index (κ1) is 26.3. The molecule has 2 aliphatic heterocycles. The van der Waals surface area contributed by atoms with Crippen molar-refractivity contribution in [2.75, 3.05) is 45.6 Å². The van der Waals surface area contributed by atoms with E-state index in [1.807, 2.05) is 0 Å². The zero-order valence-corrected chi connectivity index (χ0v) is 20.6. The summed E-state index contributed by atoms with van der Waals surface area (Å²) in [7, 11) is 3.31. The van der Waals surface area contributed by atoms with E-state index in [0.29, 0.717) is 23.4 Å². The van der Waals surface area contributed by atoms with Gasteiger partial charge in [-0.05, 0) is 43.2 Å². The maximum absolute atomic E-state index is 13.7. The van der Waals surface area contributed by atoms with Crippen molar-refractivity contribution in [2.24, 2.45) is 0 Å². The molecule has 1 unspecified atom stereocenters. The molecular formula is C24H28ClF3N4O4. The maximum Gasteiger partial charge on any atom is 0.433 e. The van der Waals surface area contributed by atoms with Gasteiger partial charge in [0.2, 0.25) is 0 Å². The molecule has 2 aromatic rings. The van der Waals surface area contributed by atoms with E-state index in [2.05, 4.69) is 10.2 Å². The molecule has 0 aliphatic carbocycles. The minimum absolute atomic E-state index is 0.105. The maximum atomic E-state index is 13.7. The van der Waals surface area contributed by atoms with Gasteiger partial charge in [-0.3, -0.25) is 14.5 Å². The predicted octanol–water partition coefficient (Wildman–Crippen LogP) is 3.17. The Bertz CT molecular complexity index is 1100. The molecule has 0 spiro atoms. The molecule has 0 bridgehead atoms. The minimum atomic E-state index is -5.21. The van der Waals surface area contributed by atoms with Crippen molar-refractivity contribution < 1.29 is 32.3 Å². The van der Waals surface area contributed by atoms with Gasteiger partial charge in [0.25, 0.3) is 17.4 Å². The quantitative estimate of drug-likeness (QED) is 0.599. The molecule has 12 heteroatoms. The number of hydrogen-bond donors (Lipinski definition) is 2. The van der Waals surface area contributed by atoms with E-state index in [1.54, 1.807) is 32.3 Å². The molecule has 2 saturated heterocycles. The fraction of sp³-hybridized carbons (Fsp3) is 0.500. The molecular weight excluding hydrogens is 501 g/mol. The molecule has 0 radical (unpaired) electrons. The lowest BCUT2D eigenvalue weighted by Gasteiger charge is -2.48.